The molecular weight excluding hydrogens is 264 g/mol. The van der Waals surface area contributed by atoms with Gasteiger partial charge in [0, 0.05) is 12.2 Å². The zero-order chi connectivity index (χ0) is 16.0. The molecule has 0 spiro atoms. The standard InChI is InChI=1S/C17H18N2O2/c1-5-15(19(20)21)10-13(4)16(6-2)17-8-7-14(11-18)9-12(17)3/h5,7-10H,1,6H2,2-4H3/b15-10+,16-13+. The quantitative estimate of drug-likeness (QED) is 0.456. The van der Waals surface area contributed by atoms with Crippen molar-refractivity contribution in [3.8, 4) is 6.07 Å². The highest BCUT2D eigenvalue weighted by Crippen LogP contribution is 2.27. The van der Waals surface area contributed by atoms with Crippen LogP contribution in [-0.4, -0.2) is 4.92 Å². The molecular formula is C17H18N2O2. The van der Waals surface area contributed by atoms with Crippen molar-refractivity contribution in [3.05, 3.63) is 75.0 Å². The van der Waals surface area contributed by atoms with Crippen LogP contribution in [0.4, 0.5) is 0 Å². The van der Waals surface area contributed by atoms with E-state index in [-0.39, 0.29) is 5.70 Å². The molecule has 0 saturated heterocycles. The number of nitro groups is 1. The van der Waals surface area contributed by atoms with E-state index in [1.54, 1.807) is 6.07 Å². The normalized spacial score (nSPS) is 12.4. The summed E-state index contributed by atoms with van der Waals surface area (Å²) in [5, 5.41) is 19.8. The fourth-order valence-electron chi connectivity index (χ4n) is 2.25. The molecule has 0 heterocycles. The predicted octanol–water partition coefficient (Wildman–Crippen LogP) is 4.40. The van der Waals surface area contributed by atoms with E-state index in [0.717, 1.165) is 28.7 Å². The maximum Gasteiger partial charge on any atom is 0.269 e. The minimum atomic E-state index is -0.449. The molecule has 21 heavy (non-hydrogen) atoms. The van der Waals surface area contributed by atoms with Crippen LogP contribution in [0.15, 0.2) is 48.2 Å². The Morgan fingerprint density at radius 1 is 1.52 bits per heavy atom. The molecule has 1 aromatic rings. The van der Waals surface area contributed by atoms with Crippen molar-refractivity contribution in [1.29, 1.82) is 5.26 Å². The Kier molecular flexibility index (Phi) is 5.62. The molecule has 0 aromatic heterocycles. The van der Waals surface area contributed by atoms with E-state index in [0.29, 0.717) is 5.56 Å². The molecule has 0 fully saturated rings. The van der Waals surface area contributed by atoms with Crippen LogP contribution in [0.5, 0.6) is 0 Å². The van der Waals surface area contributed by atoms with Crippen molar-refractivity contribution >= 4 is 5.57 Å². The first kappa shape index (κ1) is 16.4. The van der Waals surface area contributed by atoms with Crippen molar-refractivity contribution in [2.75, 3.05) is 0 Å². The van der Waals surface area contributed by atoms with Crippen LogP contribution in [0.1, 0.15) is 37.0 Å². The lowest BCUT2D eigenvalue weighted by Gasteiger charge is -2.11. The largest absolute Gasteiger partial charge is 0.269 e. The molecule has 0 radical (unpaired) electrons. The zero-order valence-corrected chi connectivity index (χ0v) is 12.5. The molecule has 0 amide bonds. The highest BCUT2D eigenvalue weighted by molar-refractivity contribution is 5.73. The van der Waals surface area contributed by atoms with Gasteiger partial charge in [-0.2, -0.15) is 5.26 Å². The number of nitriles is 1. The molecule has 0 aliphatic carbocycles. The van der Waals surface area contributed by atoms with E-state index >= 15 is 0 Å². The lowest BCUT2D eigenvalue weighted by molar-refractivity contribution is -0.419. The first-order valence-electron chi connectivity index (χ1n) is 6.64. The molecule has 1 aromatic carbocycles. The van der Waals surface area contributed by atoms with Crippen LogP contribution in [0.25, 0.3) is 5.57 Å². The SMILES string of the molecule is C=C/C(=C\C(C)=C(/CC)c1ccc(C#N)cc1C)[N+](=O)[O-]. The van der Waals surface area contributed by atoms with Crippen molar-refractivity contribution in [2.45, 2.75) is 27.2 Å². The summed E-state index contributed by atoms with van der Waals surface area (Å²) in [6.07, 6.45) is 3.52. The van der Waals surface area contributed by atoms with Gasteiger partial charge < -0.3 is 0 Å². The predicted molar refractivity (Wildman–Crippen MR) is 84.1 cm³/mol. The maximum atomic E-state index is 10.9. The molecule has 0 aliphatic rings. The Morgan fingerprint density at radius 2 is 2.19 bits per heavy atom. The Morgan fingerprint density at radius 3 is 2.62 bits per heavy atom. The number of allylic oxidation sites excluding steroid dienone is 4. The first-order chi connectivity index (χ1) is 9.94. The summed E-state index contributed by atoms with van der Waals surface area (Å²) in [4.78, 5) is 10.4. The molecule has 0 N–H and O–H groups in total. The number of rotatable bonds is 5. The smallest absolute Gasteiger partial charge is 0.258 e. The lowest BCUT2D eigenvalue weighted by atomic mass is 9.93. The maximum absolute atomic E-state index is 10.9. The van der Waals surface area contributed by atoms with Crippen molar-refractivity contribution in [1.82, 2.24) is 0 Å². The Bertz CT molecular complexity index is 677. The molecule has 0 saturated carbocycles. The fourth-order valence-corrected chi connectivity index (χ4v) is 2.25. The minimum Gasteiger partial charge on any atom is -0.258 e. The van der Waals surface area contributed by atoms with Crippen molar-refractivity contribution < 1.29 is 4.92 Å². The number of aryl methyl sites for hydroxylation is 1. The van der Waals surface area contributed by atoms with Gasteiger partial charge in [-0.25, -0.2) is 0 Å². The highest BCUT2D eigenvalue weighted by atomic mass is 16.6. The molecule has 0 aliphatic heterocycles. The van der Waals surface area contributed by atoms with Gasteiger partial charge in [0.15, 0.2) is 0 Å². The van der Waals surface area contributed by atoms with Gasteiger partial charge in [-0.1, -0.05) is 19.6 Å². The summed E-state index contributed by atoms with van der Waals surface area (Å²) in [5.74, 6) is 0. The lowest BCUT2D eigenvalue weighted by Crippen LogP contribution is -1.97. The monoisotopic (exact) mass is 282 g/mol. The second-order valence-electron chi connectivity index (χ2n) is 4.69. The van der Waals surface area contributed by atoms with E-state index in [1.807, 2.05) is 32.9 Å². The molecule has 108 valence electrons. The van der Waals surface area contributed by atoms with Crippen LogP contribution in [0, 0.1) is 28.4 Å². The third kappa shape index (κ3) is 3.90. The van der Waals surface area contributed by atoms with Crippen molar-refractivity contribution in [3.63, 3.8) is 0 Å². The Hall–Kier alpha value is -2.67. The van der Waals surface area contributed by atoms with E-state index < -0.39 is 4.92 Å². The second kappa shape index (κ2) is 7.20. The van der Waals surface area contributed by atoms with Gasteiger partial charge in [-0.15, -0.1) is 0 Å². The summed E-state index contributed by atoms with van der Waals surface area (Å²) >= 11 is 0. The third-order valence-electron chi connectivity index (χ3n) is 3.29. The Balaban J connectivity index is 3.42. The van der Waals surface area contributed by atoms with Gasteiger partial charge in [0.05, 0.1) is 16.6 Å². The summed E-state index contributed by atoms with van der Waals surface area (Å²) in [6.45, 7) is 9.25. The van der Waals surface area contributed by atoms with Crippen molar-refractivity contribution in [2.24, 2.45) is 0 Å². The third-order valence-corrected chi connectivity index (χ3v) is 3.29. The molecule has 4 heteroatoms. The Labute approximate surface area is 124 Å². The summed E-state index contributed by atoms with van der Waals surface area (Å²) in [7, 11) is 0. The highest BCUT2D eigenvalue weighted by Gasteiger charge is 2.10. The number of nitrogens with zero attached hydrogens (tertiary/aromatic N) is 2. The number of benzene rings is 1. The average Bonchev–Trinajstić information content (AvgIpc) is 2.46. The van der Waals surface area contributed by atoms with E-state index in [4.69, 9.17) is 5.26 Å². The van der Waals surface area contributed by atoms with E-state index in [9.17, 15) is 10.1 Å². The zero-order valence-electron chi connectivity index (χ0n) is 12.5. The fraction of sp³-hybridized carbons (Fsp3) is 0.235. The van der Waals surface area contributed by atoms with E-state index in [1.165, 1.54) is 12.2 Å². The molecule has 1 rings (SSSR count). The van der Waals surface area contributed by atoms with Crippen LogP contribution >= 0.6 is 0 Å². The van der Waals surface area contributed by atoms with E-state index in [2.05, 4.69) is 12.6 Å². The summed E-state index contributed by atoms with van der Waals surface area (Å²) in [6, 6.07) is 7.58. The topological polar surface area (TPSA) is 66.9 Å². The van der Waals surface area contributed by atoms with Gasteiger partial charge in [-0.3, -0.25) is 10.1 Å². The van der Waals surface area contributed by atoms with Crippen LogP contribution < -0.4 is 0 Å². The summed E-state index contributed by atoms with van der Waals surface area (Å²) in [5.41, 5.74) is 4.44. The summed E-state index contributed by atoms with van der Waals surface area (Å²) < 4.78 is 0. The van der Waals surface area contributed by atoms with Gasteiger partial charge in [0.2, 0.25) is 0 Å². The van der Waals surface area contributed by atoms with Crippen LogP contribution in [0.2, 0.25) is 0 Å². The molecule has 0 unspecified atom stereocenters. The van der Waals surface area contributed by atoms with Gasteiger partial charge in [-0.05, 0) is 54.7 Å². The number of hydrogen-bond acceptors (Lipinski definition) is 3. The van der Waals surface area contributed by atoms with Gasteiger partial charge >= 0.3 is 0 Å². The molecule has 0 bridgehead atoms. The molecule has 0 atom stereocenters. The second-order valence-corrected chi connectivity index (χ2v) is 4.69. The van der Waals surface area contributed by atoms with Gasteiger partial charge in [0.1, 0.15) is 0 Å². The van der Waals surface area contributed by atoms with Crippen LogP contribution in [0.3, 0.4) is 0 Å². The first-order valence-corrected chi connectivity index (χ1v) is 6.64. The molecule has 4 nitrogen and oxygen atoms in total. The average molecular weight is 282 g/mol. The number of hydrogen-bond donors (Lipinski definition) is 0. The minimum absolute atomic E-state index is 0.0234. The van der Waals surface area contributed by atoms with Crippen LogP contribution in [-0.2, 0) is 0 Å². The van der Waals surface area contributed by atoms with Gasteiger partial charge in [0.25, 0.3) is 5.70 Å².